The fourth-order valence-corrected chi connectivity index (χ4v) is 3.34. The lowest BCUT2D eigenvalue weighted by Crippen LogP contribution is -2.40. The second kappa shape index (κ2) is 6.65. The van der Waals surface area contributed by atoms with E-state index in [0.717, 1.165) is 0 Å². The van der Waals surface area contributed by atoms with Crippen molar-refractivity contribution in [3.63, 3.8) is 0 Å². The lowest BCUT2D eigenvalue weighted by molar-refractivity contribution is 0.0919. The van der Waals surface area contributed by atoms with E-state index in [1.807, 2.05) is 20.8 Å². The Balaban J connectivity index is 2.23. The van der Waals surface area contributed by atoms with Gasteiger partial charge in [0.2, 0.25) is 0 Å². The molecule has 0 atom stereocenters. The van der Waals surface area contributed by atoms with E-state index >= 15 is 0 Å². The molecule has 6 heteroatoms. The van der Waals surface area contributed by atoms with Crippen molar-refractivity contribution in [3.05, 3.63) is 60.2 Å². The quantitative estimate of drug-likeness (QED) is 0.925. The van der Waals surface area contributed by atoms with Crippen LogP contribution in [-0.4, -0.2) is 26.9 Å². The molecule has 0 aliphatic carbocycles. The Kier molecular flexibility index (Phi) is 4.99. The van der Waals surface area contributed by atoms with E-state index < -0.39 is 10.0 Å². The summed E-state index contributed by atoms with van der Waals surface area (Å²) in [5.41, 5.74) is 0.647. The maximum absolute atomic E-state index is 12.6. The third kappa shape index (κ3) is 4.14. The highest BCUT2D eigenvalue weighted by Gasteiger charge is 2.21. The van der Waals surface area contributed by atoms with E-state index in [9.17, 15) is 13.2 Å². The summed E-state index contributed by atoms with van der Waals surface area (Å²) in [5.74, 6) is -0.192. The number of hydrogen-bond acceptors (Lipinski definition) is 3. The minimum atomic E-state index is -3.62. The van der Waals surface area contributed by atoms with Crippen LogP contribution in [0.15, 0.2) is 59.5 Å². The van der Waals surface area contributed by atoms with Crippen molar-refractivity contribution in [2.24, 2.45) is 0 Å². The number of hydrogen-bond donors (Lipinski definition) is 1. The molecule has 0 aromatic heterocycles. The summed E-state index contributed by atoms with van der Waals surface area (Å²) in [7, 11) is -2.13. The topological polar surface area (TPSA) is 66.5 Å². The number of anilines is 1. The molecule has 0 aliphatic heterocycles. The Bertz CT molecular complexity index is 808. The van der Waals surface area contributed by atoms with Gasteiger partial charge in [0.05, 0.1) is 10.6 Å². The molecule has 2 aromatic rings. The van der Waals surface area contributed by atoms with E-state index in [1.165, 1.54) is 11.4 Å². The first-order valence-corrected chi connectivity index (χ1v) is 9.02. The van der Waals surface area contributed by atoms with Gasteiger partial charge in [0, 0.05) is 18.2 Å². The number of carbonyl (C=O) groups is 1. The van der Waals surface area contributed by atoms with Gasteiger partial charge < -0.3 is 5.32 Å². The van der Waals surface area contributed by atoms with Crippen LogP contribution in [0.25, 0.3) is 0 Å². The molecule has 1 amide bonds. The van der Waals surface area contributed by atoms with Crippen LogP contribution in [0.5, 0.6) is 0 Å². The van der Waals surface area contributed by atoms with Crippen molar-refractivity contribution < 1.29 is 13.2 Å². The molecule has 0 unspecified atom stereocenters. The normalized spacial score (nSPS) is 11.8. The van der Waals surface area contributed by atoms with Gasteiger partial charge in [-0.1, -0.05) is 18.2 Å². The highest BCUT2D eigenvalue weighted by molar-refractivity contribution is 7.92. The summed E-state index contributed by atoms with van der Waals surface area (Å²) in [6, 6.07) is 14.7. The second-order valence-electron chi connectivity index (χ2n) is 6.54. The molecule has 0 spiro atoms. The van der Waals surface area contributed by atoms with Gasteiger partial charge in [-0.2, -0.15) is 0 Å². The van der Waals surface area contributed by atoms with Gasteiger partial charge >= 0.3 is 0 Å². The summed E-state index contributed by atoms with van der Waals surface area (Å²) in [6.07, 6.45) is 0. The van der Waals surface area contributed by atoms with E-state index in [4.69, 9.17) is 0 Å². The van der Waals surface area contributed by atoms with E-state index in [1.54, 1.807) is 54.6 Å². The van der Waals surface area contributed by atoms with Gasteiger partial charge in [0.1, 0.15) is 0 Å². The van der Waals surface area contributed by atoms with Gasteiger partial charge in [0.15, 0.2) is 0 Å². The third-order valence-corrected chi connectivity index (χ3v) is 5.18. The van der Waals surface area contributed by atoms with Crippen molar-refractivity contribution in [1.82, 2.24) is 5.32 Å². The van der Waals surface area contributed by atoms with E-state index in [-0.39, 0.29) is 16.3 Å². The predicted octanol–water partition coefficient (Wildman–Crippen LogP) is 3.04. The van der Waals surface area contributed by atoms with Crippen LogP contribution < -0.4 is 9.62 Å². The molecule has 2 rings (SSSR count). The molecular weight excluding hydrogens is 324 g/mol. The molecule has 1 N–H and O–H groups in total. The molecule has 0 bridgehead atoms. The van der Waals surface area contributed by atoms with Gasteiger partial charge in [-0.25, -0.2) is 8.42 Å². The van der Waals surface area contributed by atoms with Crippen molar-refractivity contribution in [1.29, 1.82) is 0 Å². The first-order valence-electron chi connectivity index (χ1n) is 7.58. The average Bonchev–Trinajstić information content (AvgIpc) is 2.53. The summed E-state index contributed by atoms with van der Waals surface area (Å²) in [6.45, 7) is 5.71. The highest BCUT2D eigenvalue weighted by atomic mass is 32.2. The van der Waals surface area contributed by atoms with Crippen molar-refractivity contribution >= 4 is 21.6 Å². The summed E-state index contributed by atoms with van der Waals surface area (Å²) >= 11 is 0. The minimum Gasteiger partial charge on any atom is -0.347 e. The number of carbonyl (C=O) groups excluding carboxylic acids is 1. The number of amides is 1. The largest absolute Gasteiger partial charge is 0.347 e. The Morgan fingerprint density at radius 3 is 2.00 bits per heavy atom. The predicted molar refractivity (Wildman–Crippen MR) is 95.7 cm³/mol. The Morgan fingerprint density at radius 1 is 0.958 bits per heavy atom. The first-order chi connectivity index (χ1) is 11.1. The zero-order chi connectivity index (χ0) is 18.0. The van der Waals surface area contributed by atoms with E-state index in [2.05, 4.69) is 5.32 Å². The molecule has 0 saturated carbocycles. The zero-order valence-electron chi connectivity index (χ0n) is 14.3. The molecule has 0 fully saturated rings. The lowest BCUT2D eigenvalue weighted by Gasteiger charge is -2.22. The standard InChI is InChI=1S/C18H22N2O3S/c1-18(2,3)19-17(21)14-10-12-15(13-11-14)20(4)24(22,23)16-8-6-5-7-9-16/h5-13H,1-4H3,(H,19,21). The van der Waals surface area contributed by atoms with E-state index in [0.29, 0.717) is 11.3 Å². The lowest BCUT2D eigenvalue weighted by atomic mass is 10.1. The average molecular weight is 346 g/mol. The number of benzene rings is 2. The molecule has 2 aromatic carbocycles. The van der Waals surface area contributed by atoms with Gasteiger partial charge in [-0.3, -0.25) is 9.10 Å². The highest BCUT2D eigenvalue weighted by Crippen LogP contribution is 2.22. The molecule has 24 heavy (non-hydrogen) atoms. The smallest absolute Gasteiger partial charge is 0.264 e. The Hall–Kier alpha value is -2.34. The first kappa shape index (κ1) is 18.0. The second-order valence-corrected chi connectivity index (χ2v) is 8.51. The fraction of sp³-hybridized carbons (Fsp3) is 0.278. The Labute approximate surface area is 143 Å². The molecule has 0 saturated heterocycles. The molecular formula is C18H22N2O3S. The van der Waals surface area contributed by atoms with Gasteiger partial charge in [-0.15, -0.1) is 0 Å². The summed E-state index contributed by atoms with van der Waals surface area (Å²) < 4.78 is 26.4. The van der Waals surface area contributed by atoms with Crippen molar-refractivity contribution in [2.75, 3.05) is 11.4 Å². The number of sulfonamides is 1. The van der Waals surface area contributed by atoms with Crippen LogP contribution in [0.3, 0.4) is 0 Å². The maximum atomic E-state index is 12.6. The minimum absolute atomic E-state index is 0.192. The fourth-order valence-electron chi connectivity index (χ4n) is 2.12. The van der Waals surface area contributed by atoms with Crippen LogP contribution in [0.1, 0.15) is 31.1 Å². The molecule has 0 aliphatic rings. The number of nitrogens with one attached hydrogen (secondary N) is 1. The van der Waals surface area contributed by atoms with Crippen LogP contribution in [-0.2, 0) is 10.0 Å². The molecule has 5 nitrogen and oxygen atoms in total. The van der Waals surface area contributed by atoms with Crippen LogP contribution in [0.2, 0.25) is 0 Å². The number of rotatable bonds is 4. The number of nitrogens with zero attached hydrogens (tertiary/aromatic N) is 1. The van der Waals surface area contributed by atoms with Crippen LogP contribution in [0.4, 0.5) is 5.69 Å². The molecule has 128 valence electrons. The van der Waals surface area contributed by atoms with Gasteiger partial charge in [-0.05, 0) is 57.2 Å². The molecule has 0 heterocycles. The monoisotopic (exact) mass is 346 g/mol. The van der Waals surface area contributed by atoms with Gasteiger partial charge in [0.25, 0.3) is 15.9 Å². The van der Waals surface area contributed by atoms with Crippen LogP contribution in [0, 0.1) is 0 Å². The summed E-state index contributed by atoms with van der Waals surface area (Å²) in [5, 5.41) is 2.87. The summed E-state index contributed by atoms with van der Waals surface area (Å²) in [4.78, 5) is 12.3. The Morgan fingerprint density at radius 2 is 1.50 bits per heavy atom. The van der Waals surface area contributed by atoms with Crippen molar-refractivity contribution in [3.8, 4) is 0 Å². The SMILES string of the molecule is CN(c1ccc(C(=O)NC(C)(C)C)cc1)S(=O)(=O)c1ccccc1. The third-order valence-electron chi connectivity index (χ3n) is 3.38. The molecule has 0 radical (unpaired) electrons. The van der Waals surface area contributed by atoms with Crippen molar-refractivity contribution in [2.45, 2.75) is 31.2 Å². The zero-order valence-corrected chi connectivity index (χ0v) is 15.1. The maximum Gasteiger partial charge on any atom is 0.264 e. The van der Waals surface area contributed by atoms with Crippen LogP contribution >= 0.6 is 0 Å².